The fourth-order valence-electron chi connectivity index (χ4n) is 13.9. The number of hydrogen-bond donors (Lipinski definition) is 17. The van der Waals surface area contributed by atoms with E-state index in [1.54, 1.807) is 103 Å². The highest BCUT2D eigenvalue weighted by Crippen LogP contribution is 2.45. The second-order valence-corrected chi connectivity index (χ2v) is 28.9. The van der Waals surface area contributed by atoms with Crippen LogP contribution >= 0.6 is 37.0 Å². The van der Waals surface area contributed by atoms with Gasteiger partial charge in [0.05, 0.1) is 18.5 Å². The monoisotopic (exact) mass is 1510 g/mol. The number of rotatable bonds is 40. The Morgan fingerprint density at radius 3 is 1.60 bits per heavy atom. The minimum Gasteiger partial charge on any atom is -0.480 e. The SMILES string of the molecule is CCCN1C[C@H](CSCC(=O)N[C@@H](CO)C(=O)N[C@@H](CS)C(=O)N[C@@H](Cc2ccccc2)C(=O)N[C@@H](Cc2ccccc2)C(=O)N[C@H](Cc2c[nH]c3ccccc23)C(=O)N[C@@H](CCCCN)C(=O)N[C@H](C(=O)N[C@@H](Cc2ccccc2)C(=O)N[C@@H](CS)C(=O)O)[C@@H](C)O)CC2c3cccc4[nH]cc(c34)CC21. The zero-order valence-electron chi connectivity index (χ0n) is 59.3. The van der Waals surface area contributed by atoms with Gasteiger partial charge in [0.15, 0.2) is 0 Å². The molecule has 3 heterocycles. The summed E-state index contributed by atoms with van der Waals surface area (Å²) in [6.45, 7) is 4.68. The van der Waals surface area contributed by atoms with Crippen molar-refractivity contribution in [3.8, 4) is 0 Å². The number of para-hydroxylation sites is 1. The number of piperidine rings is 1. The van der Waals surface area contributed by atoms with Crippen LogP contribution in [0.3, 0.4) is 0 Å². The lowest BCUT2D eigenvalue weighted by atomic mass is 9.72. The topological polar surface area (TPSA) is 400 Å². The smallest absolute Gasteiger partial charge is 0.327 e. The molecule has 13 atom stereocenters. The predicted octanol–water partition coefficient (Wildman–Crippen LogP) is 2.90. The molecule has 2 unspecified atom stereocenters. The summed E-state index contributed by atoms with van der Waals surface area (Å²) in [5.74, 6) is -8.20. The first-order chi connectivity index (χ1) is 51.2. The Morgan fingerprint density at radius 1 is 0.566 bits per heavy atom. The van der Waals surface area contributed by atoms with E-state index in [0.717, 1.165) is 37.9 Å². The van der Waals surface area contributed by atoms with Crippen molar-refractivity contribution in [2.45, 2.75) is 150 Å². The van der Waals surface area contributed by atoms with Gasteiger partial charge in [0.2, 0.25) is 53.2 Å². The number of aliphatic hydroxyl groups is 2. The van der Waals surface area contributed by atoms with E-state index >= 15 is 14.4 Å². The van der Waals surface area contributed by atoms with Gasteiger partial charge in [-0.3, -0.25) is 48.1 Å². The number of nitrogens with one attached hydrogen (secondary N) is 11. The molecule has 0 bridgehead atoms. The number of thioether (sulfide) groups is 1. The van der Waals surface area contributed by atoms with Crippen LogP contribution < -0.4 is 53.6 Å². The van der Waals surface area contributed by atoms with E-state index in [1.807, 2.05) is 18.2 Å². The molecule has 29 heteroatoms. The van der Waals surface area contributed by atoms with Crippen molar-refractivity contribution in [2.75, 3.05) is 49.3 Å². The standard InChI is InChI=1S/C77H97N13O13S3/c1-3-30-90-39-49(31-54-53-25-17-28-56-67(53)51(38-80-56)36-65(54)90)43-106-44-66(93)81-62(40-91)74(99)87-63(41-104)75(100)84-59(33-47-20-9-5-10-21-47)70(95)83-58(32-46-18-7-4-8-19-46)71(96)85-61(35-50-37-79-55-26-14-13-24-52(50)55)73(98)82-57(27-15-16-29-78)69(94)89-68(45(2)92)76(101)86-60(34-48-22-11-6-12-23-48)72(97)88-64(42-105)77(102)103/h4-14,17-26,28,37-38,45,49,54,57-65,68,79-80,91-92,104-105H,3,15-16,27,29-36,39-44,78H2,1-2H3,(H,81,93)(H,82,98)(H,83,95)(H,84,100)(H,85,96)(H,86,101)(H,87,99)(H,88,97)(H,89,94)(H,102,103)/t45-,49-,54?,57+,58+,59+,60+,61-,62+,63+,64+,65?,68+/m1/s1. The molecule has 16 N–H and O–H groups in total. The van der Waals surface area contributed by atoms with Gasteiger partial charge in [0, 0.05) is 89.9 Å². The summed E-state index contributed by atoms with van der Waals surface area (Å²) in [6.07, 6.45) is 5.21. The van der Waals surface area contributed by atoms with Gasteiger partial charge in [-0.1, -0.05) is 128 Å². The van der Waals surface area contributed by atoms with E-state index in [1.165, 1.54) is 35.2 Å². The van der Waals surface area contributed by atoms with Gasteiger partial charge in [0.1, 0.15) is 54.4 Å². The van der Waals surface area contributed by atoms with Crippen molar-refractivity contribution in [3.05, 3.63) is 179 Å². The van der Waals surface area contributed by atoms with E-state index in [9.17, 15) is 48.9 Å². The van der Waals surface area contributed by atoms with Crippen molar-refractivity contribution in [1.82, 2.24) is 62.7 Å². The van der Waals surface area contributed by atoms with Crippen molar-refractivity contribution < 1.29 is 63.3 Å². The third-order valence-corrected chi connectivity index (χ3v) is 21.2. The summed E-state index contributed by atoms with van der Waals surface area (Å²) < 4.78 is 0. The Bertz CT molecular complexity index is 4130. The number of hydrogen-bond acceptors (Lipinski definition) is 17. The minimum atomic E-state index is -1.74. The maximum absolute atomic E-state index is 15.3. The number of carboxylic acids is 1. The Balaban J connectivity index is 0.891. The number of fused-ring (bicyclic) bond motifs is 3. The van der Waals surface area contributed by atoms with Gasteiger partial charge in [0.25, 0.3) is 0 Å². The Hall–Kier alpha value is -9.23. The average molecular weight is 1510 g/mol. The molecule has 0 saturated carbocycles. The molecule has 2 aromatic heterocycles. The Kier molecular flexibility index (Phi) is 30.5. The lowest BCUT2D eigenvalue weighted by Gasteiger charge is -2.47. The quantitative estimate of drug-likeness (QED) is 0.0194. The molecule has 1 aliphatic heterocycles. The Morgan fingerprint density at radius 2 is 1.06 bits per heavy atom. The van der Waals surface area contributed by atoms with Crippen molar-refractivity contribution >= 4 is 118 Å². The zero-order valence-corrected chi connectivity index (χ0v) is 61.9. The number of carbonyl (C=O) groups is 10. The number of carboxylic acid groups (broad SMARTS) is 1. The van der Waals surface area contributed by atoms with E-state index in [2.05, 4.69) is 119 Å². The van der Waals surface area contributed by atoms with Gasteiger partial charge >= 0.3 is 5.97 Å². The van der Waals surface area contributed by atoms with Crippen LogP contribution in [0.15, 0.2) is 146 Å². The number of aromatic nitrogens is 2. The summed E-state index contributed by atoms with van der Waals surface area (Å²) in [7, 11) is 0. The van der Waals surface area contributed by atoms with Crippen LogP contribution in [0.25, 0.3) is 21.8 Å². The highest BCUT2D eigenvalue weighted by atomic mass is 32.2. The molecule has 9 rings (SSSR count). The number of carbonyl (C=O) groups excluding carboxylic acids is 9. The van der Waals surface area contributed by atoms with Gasteiger partial charge in [-0.05, 0) is 116 Å². The second kappa shape index (κ2) is 39.9. The lowest BCUT2D eigenvalue weighted by Crippen LogP contribution is -2.62. The largest absolute Gasteiger partial charge is 0.480 e. The van der Waals surface area contributed by atoms with Crippen LogP contribution in [-0.4, -0.2) is 205 Å². The molecule has 566 valence electrons. The maximum atomic E-state index is 15.3. The van der Waals surface area contributed by atoms with Crippen molar-refractivity contribution in [2.24, 2.45) is 11.7 Å². The van der Waals surface area contributed by atoms with Crippen LogP contribution in [0.5, 0.6) is 0 Å². The van der Waals surface area contributed by atoms with Crippen LogP contribution in [0.2, 0.25) is 0 Å². The van der Waals surface area contributed by atoms with E-state index in [0.29, 0.717) is 63.2 Å². The third kappa shape index (κ3) is 22.2. The van der Waals surface area contributed by atoms with Gasteiger partial charge < -0.3 is 78.9 Å². The van der Waals surface area contributed by atoms with Gasteiger partial charge in [-0.2, -0.15) is 37.0 Å². The normalized spacial score (nSPS) is 17.6. The van der Waals surface area contributed by atoms with E-state index in [4.69, 9.17) is 5.73 Å². The summed E-state index contributed by atoms with van der Waals surface area (Å²) in [4.78, 5) is 151. The number of nitrogens with zero attached hydrogens (tertiary/aromatic N) is 1. The van der Waals surface area contributed by atoms with Crippen LogP contribution in [0, 0.1) is 5.92 Å². The molecule has 26 nitrogen and oxygen atoms in total. The molecular weight excluding hydrogens is 1410 g/mol. The molecular formula is C77H97N13O13S3. The summed E-state index contributed by atoms with van der Waals surface area (Å²) in [5, 5.41) is 57.2. The number of H-pyrrole nitrogens is 2. The Labute approximate surface area is 631 Å². The highest BCUT2D eigenvalue weighted by molar-refractivity contribution is 7.99. The van der Waals surface area contributed by atoms with Gasteiger partial charge in [-0.25, -0.2) is 4.79 Å². The highest BCUT2D eigenvalue weighted by Gasteiger charge is 2.42. The van der Waals surface area contributed by atoms with Gasteiger partial charge in [-0.15, -0.1) is 0 Å². The molecule has 2 aliphatic rings. The number of aliphatic carboxylic acids is 1. The first-order valence-electron chi connectivity index (χ1n) is 35.9. The number of benzene rings is 5. The zero-order chi connectivity index (χ0) is 75.8. The van der Waals surface area contributed by atoms with Crippen molar-refractivity contribution in [1.29, 1.82) is 0 Å². The minimum absolute atomic E-state index is 0.0133. The fraction of sp³-hybridized carbons (Fsp3) is 0.429. The number of thiol groups is 2. The molecule has 7 aromatic rings. The lowest BCUT2D eigenvalue weighted by molar-refractivity contribution is -0.141. The number of aliphatic hydroxyl groups excluding tert-OH is 2. The first-order valence-corrected chi connectivity index (χ1v) is 38.3. The number of nitrogens with two attached hydrogens (primary N) is 1. The summed E-state index contributed by atoms with van der Waals surface area (Å²) in [5.41, 5.74) is 12.8. The molecule has 1 aliphatic carbocycles. The second-order valence-electron chi connectivity index (χ2n) is 27.2. The van der Waals surface area contributed by atoms with E-state index < -0.39 is 126 Å². The molecule has 106 heavy (non-hydrogen) atoms. The van der Waals surface area contributed by atoms with Crippen molar-refractivity contribution in [3.63, 3.8) is 0 Å². The number of aromatic amines is 2. The maximum Gasteiger partial charge on any atom is 0.327 e. The molecule has 1 fully saturated rings. The molecule has 0 radical (unpaired) electrons. The van der Waals surface area contributed by atoms with Crippen LogP contribution in [0.1, 0.15) is 85.3 Å². The van der Waals surface area contributed by atoms with Crippen LogP contribution in [-0.2, 0) is 80.0 Å². The predicted molar refractivity (Wildman–Crippen MR) is 413 cm³/mol. The first kappa shape index (κ1) is 80.9. The summed E-state index contributed by atoms with van der Waals surface area (Å²) in [6, 6.07) is 26.8. The third-order valence-electron chi connectivity index (χ3n) is 19.3. The molecule has 0 spiro atoms. The number of amides is 9. The van der Waals surface area contributed by atoms with E-state index in [-0.39, 0.29) is 62.3 Å². The fourth-order valence-corrected chi connectivity index (χ4v) is 15.4. The number of unbranched alkanes of at least 4 members (excludes halogenated alkanes) is 1. The summed E-state index contributed by atoms with van der Waals surface area (Å²) >= 11 is 9.91. The van der Waals surface area contributed by atoms with Crippen LogP contribution in [0.4, 0.5) is 0 Å². The molecule has 9 amide bonds. The average Bonchev–Trinajstić information content (AvgIpc) is 1.44. The molecule has 5 aromatic carbocycles. The molecule has 1 saturated heterocycles. The number of likely N-dealkylation sites (tertiary alicyclic amines) is 1.